The highest BCUT2D eigenvalue weighted by molar-refractivity contribution is 5.95. The van der Waals surface area contributed by atoms with Crippen molar-refractivity contribution in [2.75, 3.05) is 13.6 Å². The standard InChI is InChI=1S/C24H22FN3O4/c1-26-23(31)22-19-10-11-27(21(30)12-15-4-2-3-5-20(15)29)13-16(19)14-28(24(22)32)18-8-6-17(25)7-9-18/h2-9,14,29H,10-13H2,1H3,(H,26,31). The molecular weight excluding hydrogens is 413 g/mol. The lowest BCUT2D eigenvalue weighted by molar-refractivity contribution is -0.131. The van der Waals surface area contributed by atoms with Gasteiger partial charge in [-0.05, 0) is 47.9 Å². The van der Waals surface area contributed by atoms with Crippen molar-refractivity contribution >= 4 is 11.8 Å². The third-order valence-electron chi connectivity index (χ3n) is 5.64. The maximum absolute atomic E-state index is 13.4. The number of hydrogen-bond donors (Lipinski definition) is 2. The molecule has 1 aromatic heterocycles. The van der Waals surface area contributed by atoms with Crippen LogP contribution in [-0.2, 0) is 24.2 Å². The average molecular weight is 435 g/mol. The summed E-state index contributed by atoms with van der Waals surface area (Å²) in [6.07, 6.45) is 2.00. The first-order valence-electron chi connectivity index (χ1n) is 10.2. The highest BCUT2D eigenvalue weighted by atomic mass is 19.1. The van der Waals surface area contributed by atoms with Gasteiger partial charge in [0.25, 0.3) is 11.5 Å². The highest BCUT2D eigenvalue weighted by Crippen LogP contribution is 2.24. The van der Waals surface area contributed by atoms with Gasteiger partial charge in [0.15, 0.2) is 0 Å². The van der Waals surface area contributed by atoms with Gasteiger partial charge in [-0.1, -0.05) is 18.2 Å². The van der Waals surface area contributed by atoms with Crippen molar-refractivity contribution in [2.24, 2.45) is 0 Å². The molecule has 0 radical (unpaired) electrons. The van der Waals surface area contributed by atoms with Crippen molar-refractivity contribution in [3.05, 3.63) is 93.2 Å². The number of amides is 2. The average Bonchev–Trinajstić information content (AvgIpc) is 2.80. The van der Waals surface area contributed by atoms with Gasteiger partial charge in [0.2, 0.25) is 5.91 Å². The maximum Gasteiger partial charge on any atom is 0.268 e. The second-order valence-corrected chi connectivity index (χ2v) is 7.61. The van der Waals surface area contributed by atoms with Crippen LogP contribution in [0.1, 0.15) is 27.0 Å². The lowest BCUT2D eigenvalue weighted by Gasteiger charge is -2.30. The number of rotatable bonds is 4. The molecule has 32 heavy (non-hydrogen) atoms. The van der Waals surface area contributed by atoms with Gasteiger partial charge in [-0.2, -0.15) is 0 Å². The Bertz CT molecular complexity index is 1250. The number of carbonyl (C=O) groups excluding carboxylic acids is 2. The van der Waals surface area contributed by atoms with Crippen LogP contribution in [-0.4, -0.2) is 40.0 Å². The number of phenols is 1. The molecule has 2 amide bonds. The number of phenolic OH excluding ortho intramolecular Hbond substituents is 1. The number of aromatic hydroxyl groups is 1. The molecule has 4 rings (SSSR count). The Morgan fingerprint density at radius 2 is 1.84 bits per heavy atom. The van der Waals surface area contributed by atoms with Gasteiger partial charge >= 0.3 is 0 Å². The van der Waals surface area contributed by atoms with E-state index in [1.165, 1.54) is 41.9 Å². The number of halogens is 1. The Labute approximate surface area is 183 Å². The van der Waals surface area contributed by atoms with Crippen molar-refractivity contribution < 1.29 is 19.1 Å². The van der Waals surface area contributed by atoms with Gasteiger partial charge in [0, 0.05) is 37.6 Å². The van der Waals surface area contributed by atoms with Gasteiger partial charge in [-0.15, -0.1) is 0 Å². The first kappa shape index (κ1) is 21.3. The molecule has 0 saturated heterocycles. The molecule has 164 valence electrons. The number of aromatic nitrogens is 1. The normalized spacial score (nSPS) is 12.9. The lowest BCUT2D eigenvalue weighted by atomic mass is 9.95. The zero-order valence-corrected chi connectivity index (χ0v) is 17.5. The van der Waals surface area contributed by atoms with E-state index in [2.05, 4.69) is 5.32 Å². The fourth-order valence-corrected chi connectivity index (χ4v) is 3.96. The molecule has 0 aliphatic carbocycles. The van der Waals surface area contributed by atoms with Gasteiger partial charge in [-0.25, -0.2) is 4.39 Å². The van der Waals surface area contributed by atoms with Gasteiger partial charge in [-0.3, -0.25) is 19.0 Å². The summed E-state index contributed by atoms with van der Waals surface area (Å²) in [6.45, 7) is 0.566. The van der Waals surface area contributed by atoms with Crippen LogP contribution >= 0.6 is 0 Å². The summed E-state index contributed by atoms with van der Waals surface area (Å²) in [5, 5.41) is 12.5. The van der Waals surface area contributed by atoms with E-state index in [-0.39, 0.29) is 30.2 Å². The molecule has 0 bridgehead atoms. The van der Waals surface area contributed by atoms with Crippen LogP contribution in [0, 0.1) is 5.82 Å². The summed E-state index contributed by atoms with van der Waals surface area (Å²) in [4.78, 5) is 40.2. The largest absolute Gasteiger partial charge is 0.508 e. The Morgan fingerprint density at radius 1 is 1.12 bits per heavy atom. The fourth-order valence-electron chi connectivity index (χ4n) is 3.96. The number of pyridine rings is 1. The van der Waals surface area contributed by atoms with E-state index in [1.54, 1.807) is 29.3 Å². The molecule has 7 nitrogen and oxygen atoms in total. The smallest absolute Gasteiger partial charge is 0.268 e. The quantitative estimate of drug-likeness (QED) is 0.657. The van der Waals surface area contributed by atoms with E-state index < -0.39 is 17.3 Å². The number of fused-ring (bicyclic) bond motifs is 1. The molecule has 0 saturated carbocycles. The van der Waals surface area contributed by atoms with Crippen molar-refractivity contribution in [2.45, 2.75) is 19.4 Å². The van der Waals surface area contributed by atoms with E-state index in [0.717, 1.165) is 0 Å². The summed E-state index contributed by atoms with van der Waals surface area (Å²) < 4.78 is 14.7. The Hall–Kier alpha value is -3.94. The van der Waals surface area contributed by atoms with Crippen LogP contribution in [0.15, 0.2) is 59.5 Å². The minimum atomic E-state index is -0.503. The summed E-state index contributed by atoms with van der Waals surface area (Å²) in [7, 11) is 1.45. The second-order valence-electron chi connectivity index (χ2n) is 7.61. The van der Waals surface area contributed by atoms with Crippen LogP contribution < -0.4 is 10.9 Å². The van der Waals surface area contributed by atoms with Gasteiger partial charge in [0.05, 0.1) is 6.42 Å². The molecule has 0 atom stereocenters. The Morgan fingerprint density at radius 3 is 2.53 bits per heavy atom. The Kier molecular flexibility index (Phi) is 5.77. The number of para-hydroxylation sites is 1. The number of nitrogens with zero attached hydrogens (tertiary/aromatic N) is 2. The molecule has 1 aliphatic rings. The third-order valence-corrected chi connectivity index (χ3v) is 5.64. The first-order valence-corrected chi connectivity index (χ1v) is 10.2. The zero-order valence-electron chi connectivity index (χ0n) is 17.5. The van der Waals surface area contributed by atoms with Gasteiger partial charge in [0.1, 0.15) is 17.1 Å². The fraction of sp³-hybridized carbons (Fsp3) is 0.208. The summed E-state index contributed by atoms with van der Waals surface area (Å²) in [6, 6.07) is 12.1. The number of hydrogen-bond acceptors (Lipinski definition) is 4. The van der Waals surface area contributed by atoms with Crippen molar-refractivity contribution in [3.8, 4) is 11.4 Å². The SMILES string of the molecule is CNC(=O)c1c2c(cn(-c3ccc(F)cc3)c1=O)CN(C(=O)Cc1ccccc1O)CC2. The summed E-state index contributed by atoms with van der Waals surface area (Å²) in [5.41, 5.74) is 1.77. The monoisotopic (exact) mass is 435 g/mol. The molecule has 2 N–H and O–H groups in total. The lowest BCUT2D eigenvalue weighted by Crippen LogP contribution is -2.41. The van der Waals surface area contributed by atoms with E-state index in [1.807, 2.05) is 0 Å². The molecule has 2 aromatic carbocycles. The van der Waals surface area contributed by atoms with E-state index in [0.29, 0.717) is 35.3 Å². The van der Waals surface area contributed by atoms with Crippen LogP contribution in [0.25, 0.3) is 5.69 Å². The zero-order chi connectivity index (χ0) is 22.8. The minimum Gasteiger partial charge on any atom is -0.508 e. The van der Waals surface area contributed by atoms with Crippen molar-refractivity contribution in [1.82, 2.24) is 14.8 Å². The molecule has 1 aliphatic heterocycles. The van der Waals surface area contributed by atoms with E-state index >= 15 is 0 Å². The predicted octanol–water partition coefficient (Wildman–Crippen LogP) is 2.17. The van der Waals surface area contributed by atoms with Crippen molar-refractivity contribution in [3.63, 3.8) is 0 Å². The first-order chi connectivity index (χ1) is 15.4. The van der Waals surface area contributed by atoms with E-state index in [4.69, 9.17) is 0 Å². The molecule has 3 aromatic rings. The molecule has 0 spiro atoms. The molecular formula is C24H22FN3O4. The molecule has 0 unspecified atom stereocenters. The van der Waals surface area contributed by atoms with E-state index in [9.17, 15) is 23.9 Å². The third kappa shape index (κ3) is 3.99. The predicted molar refractivity (Wildman–Crippen MR) is 116 cm³/mol. The van der Waals surface area contributed by atoms with Crippen molar-refractivity contribution in [1.29, 1.82) is 0 Å². The highest BCUT2D eigenvalue weighted by Gasteiger charge is 2.28. The number of nitrogens with one attached hydrogen (secondary N) is 1. The topological polar surface area (TPSA) is 91.6 Å². The van der Waals surface area contributed by atoms with Crippen LogP contribution in [0.2, 0.25) is 0 Å². The molecule has 8 heteroatoms. The summed E-state index contributed by atoms with van der Waals surface area (Å²) >= 11 is 0. The maximum atomic E-state index is 13.4. The second kappa shape index (κ2) is 8.66. The van der Waals surface area contributed by atoms with Gasteiger partial charge < -0.3 is 15.3 Å². The number of carbonyl (C=O) groups is 2. The number of benzene rings is 2. The molecule has 2 heterocycles. The van der Waals surface area contributed by atoms with Crippen LogP contribution in [0.3, 0.4) is 0 Å². The summed E-state index contributed by atoms with van der Waals surface area (Å²) in [5.74, 6) is -1.05. The Balaban J connectivity index is 1.72. The minimum absolute atomic E-state index is 0.0297. The molecule has 0 fully saturated rings. The van der Waals surface area contributed by atoms with Crippen LogP contribution in [0.4, 0.5) is 4.39 Å². The van der Waals surface area contributed by atoms with Crippen LogP contribution in [0.5, 0.6) is 5.75 Å².